The lowest BCUT2D eigenvalue weighted by Crippen LogP contribution is -2.44. The van der Waals surface area contributed by atoms with Crippen LogP contribution in [0.4, 0.5) is 5.69 Å². The fourth-order valence-corrected chi connectivity index (χ4v) is 4.58. The smallest absolute Gasteiger partial charge is 0.243 e. The Kier molecular flexibility index (Phi) is 4.60. The van der Waals surface area contributed by atoms with Crippen LogP contribution in [0.1, 0.15) is 24.0 Å². The number of benzene rings is 1. The summed E-state index contributed by atoms with van der Waals surface area (Å²) in [6.45, 7) is 5.49. The number of nitrogens with zero attached hydrogens (tertiary/aromatic N) is 2. The molecule has 0 bridgehead atoms. The van der Waals surface area contributed by atoms with Gasteiger partial charge in [-0.25, -0.2) is 8.42 Å². The molecule has 6 heteroatoms. The van der Waals surface area contributed by atoms with E-state index in [1.165, 1.54) is 4.31 Å². The predicted octanol–water partition coefficient (Wildman–Crippen LogP) is 1.60. The number of likely N-dealkylation sites (tertiary alicyclic amines) is 1. The third kappa shape index (κ3) is 3.22. The van der Waals surface area contributed by atoms with E-state index in [-0.39, 0.29) is 6.04 Å². The molecular formula is C15H25N3O2S. The Labute approximate surface area is 127 Å². The summed E-state index contributed by atoms with van der Waals surface area (Å²) >= 11 is 0. The second-order valence-corrected chi connectivity index (χ2v) is 8.00. The molecule has 0 unspecified atom stereocenters. The first kappa shape index (κ1) is 16.3. The van der Waals surface area contributed by atoms with Crippen LogP contribution in [0, 0.1) is 13.8 Å². The van der Waals surface area contributed by atoms with Crippen molar-refractivity contribution >= 4 is 15.7 Å². The zero-order valence-electron chi connectivity index (χ0n) is 13.3. The van der Waals surface area contributed by atoms with Gasteiger partial charge >= 0.3 is 0 Å². The number of anilines is 1. The van der Waals surface area contributed by atoms with Crippen LogP contribution < -0.4 is 5.73 Å². The van der Waals surface area contributed by atoms with Crippen molar-refractivity contribution in [3.63, 3.8) is 0 Å². The summed E-state index contributed by atoms with van der Waals surface area (Å²) in [5.41, 5.74) is 7.97. The molecule has 2 N–H and O–H groups in total. The van der Waals surface area contributed by atoms with Gasteiger partial charge in [-0.05, 0) is 70.1 Å². The molecular weight excluding hydrogens is 286 g/mol. The first-order chi connectivity index (χ1) is 9.73. The largest absolute Gasteiger partial charge is 0.398 e. The first-order valence-electron chi connectivity index (χ1n) is 7.26. The molecule has 1 aromatic rings. The highest BCUT2D eigenvalue weighted by atomic mass is 32.2. The second-order valence-electron chi connectivity index (χ2n) is 6.03. The number of aryl methyl sites for hydroxylation is 1. The summed E-state index contributed by atoms with van der Waals surface area (Å²) in [4.78, 5) is 2.56. The number of rotatable bonds is 3. The van der Waals surface area contributed by atoms with Gasteiger partial charge in [-0.2, -0.15) is 4.31 Å². The van der Waals surface area contributed by atoms with Gasteiger partial charge in [0.25, 0.3) is 0 Å². The predicted molar refractivity (Wildman–Crippen MR) is 85.8 cm³/mol. The van der Waals surface area contributed by atoms with Gasteiger partial charge in [-0.3, -0.25) is 0 Å². The fourth-order valence-electron chi connectivity index (χ4n) is 2.83. The van der Waals surface area contributed by atoms with Gasteiger partial charge in [0.1, 0.15) is 0 Å². The van der Waals surface area contributed by atoms with Crippen molar-refractivity contribution in [1.82, 2.24) is 9.21 Å². The number of hydrogen-bond acceptors (Lipinski definition) is 4. The average Bonchev–Trinajstić information content (AvgIpc) is 2.42. The van der Waals surface area contributed by atoms with E-state index < -0.39 is 10.0 Å². The van der Waals surface area contributed by atoms with Crippen molar-refractivity contribution in [1.29, 1.82) is 0 Å². The van der Waals surface area contributed by atoms with Crippen LogP contribution in [-0.4, -0.2) is 50.8 Å². The van der Waals surface area contributed by atoms with Crippen molar-refractivity contribution < 1.29 is 8.42 Å². The molecule has 118 valence electrons. The van der Waals surface area contributed by atoms with Crippen molar-refractivity contribution in [3.8, 4) is 0 Å². The highest BCUT2D eigenvalue weighted by Crippen LogP contribution is 2.28. The van der Waals surface area contributed by atoms with Gasteiger partial charge in [-0.1, -0.05) is 0 Å². The highest BCUT2D eigenvalue weighted by Gasteiger charge is 2.31. The van der Waals surface area contributed by atoms with Crippen LogP contribution >= 0.6 is 0 Å². The first-order valence-corrected chi connectivity index (χ1v) is 8.71. The number of piperidine rings is 1. The summed E-state index contributed by atoms with van der Waals surface area (Å²) in [6.07, 6.45) is 1.74. The zero-order chi connectivity index (χ0) is 15.8. The van der Waals surface area contributed by atoms with Crippen molar-refractivity contribution in [2.75, 3.05) is 32.9 Å². The standard InChI is InChI=1S/C15H25N3O2S/c1-11-9-14(16)12(2)15(10-11)21(19,20)18(4)13-5-7-17(3)8-6-13/h9-10,13H,5-8,16H2,1-4H3. The molecule has 5 nitrogen and oxygen atoms in total. The molecule has 0 amide bonds. The maximum atomic E-state index is 12.9. The van der Waals surface area contributed by atoms with Crippen molar-refractivity contribution in [3.05, 3.63) is 23.3 Å². The van der Waals surface area contributed by atoms with Crippen LogP contribution in [0.3, 0.4) is 0 Å². The molecule has 0 radical (unpaired) electrons. The maximum Gasteiger partial charge on any atom is 0.243 e. The molecule has 0 atom stereocenters. The number of nitrogen functional groups attached to an aromatic ring is 1. The van der Waals surface area contributed by atoms with Crippen LogP contribution in [-0.2, 0) is 10.0 Å². The Balaban J connectivity index is 2.34. The number of hydrogen-bond donors (Lipinski definition) is 1. The Hall–Kier alpha value is -1.11. The van der Waals surface area contributed by atoms with Gasteiger partial charge in [0, 0.05) is 18.8 Å². The number of nitrogens with two attached hydrogens (primary N) is 1. The van der Waals surface area contributed by atoms with E-state index in [4.69, 9.17) is 5.73 Å². The minimum Gasteiger partial charge on any atom is -0.398 e. The van der Waals surface area contributed by atoms with E-state index in [2.05, 4.69) is 11.9 Å². The fraction of sp³-hybridized carbons (Fsp3) is 0.600. The molecule has 1 heterocycles. The molecule has 0 aromatic heterocycles. The molecule has 1 aliphatic rings. The lowest BCUT2D eigenvalue weighted by Gasteiger charge is -2.34. The third-order valence-electron chi connectivity index (χ3n) is 4.40. The molecule has 1 fully saturated rings. The molecule has 0 spiro atoms. The lowest BCUT2D eigenvalue weighted by atomic mass is 10.1. The van der Waals surface area contributed by atoms with Gasteiger partial charge in [0.15, 0.2) is 0 Å². The van der Waals surface area contributed by atoms with Crippen molar-refractivity contribution in [2.24, 2.45) is 0 Å². The van der Waals surface area contributed by atoms with Crippen LogP contribution in [0.25, 0.3) is 0 Å². The summed E-state index contributed by atoms with van der Waals surface area (Å²) in [7, 11) is 0.252. The molecule has 1 aromatic carbocycles. The Morgan fingerprint density at radius 1 is 1.24 bits per heavy atom. The normalized spacial score (nSPS) is 18.3. The Morgan fingerprint density at radius 2 is 1.81 bits per heavy atom. The van der Waals surface area contributed by atoms with Crippen LogP contribution in [0.15, 0.2) is 17.0 Å². The minimum absolute atomic E-state index is 0.0623. The topological polar surface area (TPSA) is 66.6 Å². The van der Waals surface area contributed by atoms with E-state index in [9.17, 15) is 8.42 Å². The molecule has 2 rings (SSSR count). The maximum absolute atomic E-state index is 12.9. The van der Waals surface area contributed by atoms with Gasteiger partial charge < -0.3 is 10.6 Å². The zero-order valence-corrected chi connectivity index (χ0v) is 14.1. The van der Waals surface area contributed by atoms with Gasteiger partial charge in [0.05, 0.1) is 4.90 Å². The van der Waals surface area contributed by atoms with Crippen LogP contribution in [0.2, 0.25) is 0 Å². The highest BCUT2D eigenvalue weighted by molar-refractivity contribution is 7.89. The van der Waals surface area contributed by atoms with Gasteiger partial charge in [0.2, 0.25) is 10.0 Å². The number of sulfonamides is 1. The van der Waals surface area contributed by atoms with E-state index in [0.29, 0.717) is 16.1 Å². The summed E-state index contributed by atoms with van der Waals surface area (Å²) < 4.78 is 27.3. The minimum atomic E-state index is -3.50. The van der Waals surface area contributed by atoms with E-state index in [1.54, 1.807) is 20.0 Å². The molecule has 0 saturated carbocycles. The average molecular weight is 311 g/mol. The molecule has 1 aliphatic heterocycles. The SMILES string of the molecule is Cc1cc(N)c(C)c(S(=O)(=O)N(C)C2CCN(C)CC2)c1. The molecule has 0 aliphatic carbocycles. The summed E-state index contributed by atoms with van der Waals surface area (Å²) in [6, 6.07) is 3.59. The Bertz CT molecular complexity index is 620. The summed E-state index contributed by atoms with van der Waals surface area (Å²) in [5, 5.41) is 0. The summed E-state index contributed by atoms with van der Waals surface area (Å²) in [5.74, 6) is 0. The van der Waals surface area contributed by atoms with Crippen molar-refractivity contribution in [2.45, 2.75) is 37.6 Å². The van der Waals surface area contributed by atoms with Gasteiger partial charge in [-0.15, -0.1) is 0 Å². The van der Waals surface area contributed by atoms with E-state index in [1.807, 2.05) is 13.0 Å². The monoisotopic (exact) mass is 311 g/mol. The lowest BCUT2D eigenvalue weighted by molar-refractivity contribution is 0.197. The quantitative estimate of drug-likeness (QED) is 0.861. The third-order valence-corrected chi connectivity index (χ3v) is 6.44. The molecule has 21 heavy (non-hydrogen) atoms. The molecule has 1 saturated heterocycles. The van der Waals surface area contributed by atoms with E-state index in [0.717, 1.165) is 31.5 Å². The second kappa shape index (κ2) is 5.94. The van der Waals surface area contributed by atoms with Crippen LogP contribution in [0.5, 0.6) is 0 Å². The Morgan fingerprint density at radius 3 is 2.38 bits per heavy atom. The van der Waals surface area contributed by atoms with E-state index >= 15 is 0 Å².